The molecule has 1 aliphatic rings. The summed E-state index contributed by atoms with van der Waals surface area (Å²) in [5, 5.41) is 0. The highest BCUT2D eigenvalue weighted by atomic mass is 79.9. The van der Waals surface area contributed by atoms with Gasteiger partial charge in [0.25, 0.3) is 5.91 Å². The van der Waals surface area contributed by atoms with E-state index in [1.165, 1.54) is 0 Å². The summed E-state index contributed by atoms with van der Waals surface area (Å²) < 4.78 is 0.852. The van der Waals surface area contributed by atoms with Gasteiger partial charge in [0.05, 0.1) is 18.0 Å². The fourth-order valence-electron chi connectivity index (χ4n) is 3.62. The zero-order valence-electron chi connectivity index (χ0n) is 16.5. The number of hydrogen-bond acceptors (Lipinski definition) is 4. The van der Waals surface area contributed by atoms with Gasteiger partial charge in [0.1, 0.15) is 6.04 Å². The van der Waals surface area contributed by atoms with Gasteiger partial charge in [0, 0.05) is 4.47 Å². The molecule has 31 heavy (non-hydrogen) atoms. The number of halogens is 1. The maximum absolute atomic E-state index is 13.1. The fourth-order valence-corrected chi connectivity index (χ4v) is 3.89. The van der Waals surface area contributed by atoms with Crippen LogP contribution in [0.1, 0.15) is 23.5 Å². The van der Waals surface area contributed by atoms with E-state index < -0.39 is 17.9 Å². The summed E-state index contributed by atoms with van der Waals surface area (Å²) in [6.07, 6.45) is -0.0312. The highest BCUT2D eigenvalue weighted by Crippen LogP contribution is 2.26. The molecule has 0 spiro atoms. The quantitative estimate of drug-likeness (QED) is 0.420. The van der Waals surface area contributed by atoms with Crippen LogP contribution in [0.3, 0.4) is 0 Å². The number of nitrogens with one attached hydrogen (secondary N) is 2. The number of rotatable bonds is 6. The predicted octanol–water partition coefficient (Wildman–Crippen LogP) is 3.53. The topological polar surface area (TPSA) is 78.5 Å². The first kappa shape index (κ1) is 21.0. The van der Waals surface area contributed by atoms with Gasteiger partial charge in [-0.2, -0.15) is 0 Å². The maximum atomic E-state index is 13.1. The molecule has 1 heterocycles. The summed E-state index contributed by atoms with van der Waals surface area (Å²) in [5.74, 6) is -1.57. The maximum Gasteiger partial charge on any atom is 0.253 e. The van der Waals surface area contributed by atoms with Gasteiger partial charge < -0.3 is 0 Å². The number of hydrazine groups is 1. The van der Waals surface area contributed by atoms with E-state index in [9.17, 15) is 14.4 Å². The molecule has 1 saturated heterocycles. The van der Waals surface area contributed by atoms with Gasteiger partial charge in [-0.05, 0) is 35.4 Å². The SMILES string of the molecule is O=C(NNC1CC(=O)N(c2ccc(Br)cc2)C1=O)C(c1ccccc1)c1ccccc1. The van der Waals surface area contributed by atoms with Crippen LogP contribution in [0.25, 0.3) is 0 Å². The zero-order valence-corrected chi connectivity index (χ0v) is 18.1. The Morgan fingerprint density at radius 3 is 1.97 bits per heavy atom. The van der Waals surface area contributed by atoms with Crippen molar-refractivity contribution >= 4 is 39.3 Å². The second-order valence-corrected chi connectivity index (χ2v) is 8.10. The Labute approximate surface area is 188 Å². The Kier molecular flexibility index (Phi) is 6.25. The average Bonchev–Trinajstić information content (AvgIpc) is 3.08. The third-order valence-corrected chi connectivity index (χ3v) is 5.66. The van der Waals surface area contributed by atoms with Crippen molar-refractivity contribution in [1.82, 2.24) is 10.9 Å². The number of hydrogen-bond donors (Lipinski definition) is 2. The Bertz CT molecular complexity index is 1050. The first-order chi connectivity index (χ1) is 15.0. The smallest absolute Gasteiger partial charge is 0.253 e. The fraction of sp³-hybridized carbons (Fsp3) is 0.125. The van der Waals surface area contributed by atoms with Crippen molar-refractivity contribution in [2.45, 2.75) is 18.4 Å². The van der Waals surface area contributed by atoms with Crippen molar-refractivity contribution in [3.63, 3.8) is 0 Å². The summed E-state index contributed by atoms with van der Waals surface area (Å²) in [5.41, 5.74) is 7.59. The summed E-state index contributed by atoms with van der Waals surface area (Å²) in [6, 6.07) is 24.9. The van der Waals surface area contributed by atoms with Gasteiger partial charge >= 0.3 is 0 Å². The Morgan fingerprint density at radius 1 is 0.871 bits per heavy atom. The van der Waals surface area contributed by atoms with Crippen molar-refractivity contribution in [3.8, 4) is 0 Å². The minimum Gasteiger partial charge on any atom is -0.290 e. The molecule has 3 aromatic rings. The molecule has 1 fully saturated rings. The van der Waals surface area contributed by atoms with E-state index in [0.717, 1.165) is 20.5 Å². The largest absolute Gasteiger partial charge is 0.290 e. The third kappa shape index (κ3) is 4.57. The van der Waals surface area contributed by atoms with Crippen LogP contribution in [0.5, 0.6) is 0 Å². The van der Waals surface area contributed by atoms with Crippen molar-refractivity contribution in [1.29, 1.82) is 0 Å². The van der Waals surface area contributed by atoms with E-state index in [2.05, 4.69) is 26.8 Å². The first-order valence-corrected chi connectivity index (χ1v) is 10.6. The van der Waals surface area contributed by atoms with Crippen molar-refractivity contribution in [3.05, 3.63) is 101 Å². The summed E-state index contributed by atoms with van der Waals surface area (Å²) in [4.78, 5) is 39.5. The van der Waals surface area contributed by atoms with Gasteiger partial charge in [-0.3, -0.25) is 19.8 Å². The van der Waals surface area contributed by atoms with Crippen LogP contribution in [0.4, 0.5) is 5.69 Å². The number of benzene rings is 3. The standard InChI is InChI=1S/C24H20BrN3O3/c25-18-11-13-19(14-12-18)28-21(29)15-20(24(28)31)26-27-23(30)22(16-7-3-1-4-8-16)17-9-5-2-6-10-17/h1-14,20,22,26H,15H2,(H,27,30). The summed E-state index contributed by atoms with van der Waals surface area (Å²) >= 11 is 3.34. The monoisotopic (exact) mass is 477 g/mol. The minimum absolute atomic E-state index is 0.0312. The minimum atomic E-state index is -0.827. The molecular formula is C24H20BrN3O3. The van der Waals surface area contributed by atoms with Crippen LogP contribution in [0.15, 0.2) is 89.4 Å². The molecule has 7 heteroatoms. The van der Waals surface area contributed by atoms with Crippen molar-refractivity contribution in [2.75, 3.05) is 4.90 Å². The highest BCUT2D eigenvalue weighted by Gasteiger charge is 2.40. The molecule has 156 valence electrons. The molecule has 3 amide bonds. The van der Waals surface area contributed by atoms with E-state index in [1.807, 2.05) is 60.7 Å². The van der Waals surface area contributed by atoms with Crippen molar-refractivity contribution in [2.24, 2.45) is 0 Å². The molecule has 1 unspecified atom stereocenters. The lowest BCUT2D eigenvalue weighted by Crippen LogP contribution is -2.49. The molecular weight excluding hydrogens is 458 g/mol. The summed E-state index contributed by atoms with van der Waals surface area (Å²) in [7, 11) is 0. The highest BCUT2D eigenvalue weighted by molar-refractivity contribution is 9.10. The van der Waals surface area contributed by atoms with Gasteiger partial charge in [-0.15, -0.1) is 0 Å². The molecule has 3 aromatic carbocycles. The number of nitrogens with zero attached hydrogens (tertiary/aromatic N) is 1. The average molecular weight is 478 g/mol. The second-order valence-electron chi connectivity index (χ2n) is 7.19. The molecule has 6 nitrogen and oxygen atoms in total. The molecule has 1 aliphatic heterocycles. The lowest BCUT2D eigenvalue weighted by molar-refractivity contribution is -0.123. The number of carbonyl (C=O) groups is 3. The third-order valence-electron chi connectivity index (χ3n) is 5.13. The molecule has 1 atom stereocenters. The van der Waals surface area contributed by atoms with Gasteiger partial charge in [-0.1, -0.05) is 76.6 Å². The molecule has 0 bridgehead atoms. The lowest BCUT2D eigenvalue weighted by Gasteiger charge is -2.20. The number of imide groups is 1. The normalized spacial score (nSPS) is 16.1. The van der Waals surface area contributed by atoms with Gasteiger partial charge in [0.2, 0.25) is 11.8 Å². The predicted molar refractivity (Wildman–Crippen MR) is 121 cm³/mol. The Balaban J connectivity index is 1.48. The second kappa shape index (κ2) is 9.24. The molecule has 0 aliphatic carbocycles. The number of carbonyl (C=O) groups excluding carboxylic acids is 3. The van der Waals surface area contributed by atoms with E-state index in [1.54, 1.807) is 24.3 Å². The molecule has 0 aromatic heterocycles. The van der Waals surface area contributed by atoms with Gasteiger partial charge in [-0.25, -0.2) is 10.3 Å². The van der Waals surface area contributed by atoms with E-state index in [-0.39, 0.29) is 18.2 Å². The van der Waals surface area contributed by atoms with Crippen LogP contribution in [0.2, 0.25) is 0 Å². The molecule has 0 saturated carbocycles. The van der Waals surface area contributed by atoms with Crippen LogP contribution >= 0.6 is 15.9 Å². The number of anilines is 1. The van der Waals surface area contributed by atoms with Crippen LogP contribution in [-0.4, -0.2) is 23.8 Å². The van der Waals surface area contributed by atoms with E-state index in [0.29, 0.717) is 5.69 Å². The van der Waals surface area contributed by atoms with Crippen LogP contribution in [0, 0.1) is 0 Å². The van der Waals surface area contributed by atoms with Crippen molar-refractivity contribution < 1.29 is 14.4 Å². The lowest BCUT2D eigenvalue weighted by atomic mass is 9.91. The molecule has 2 N–H and O–H groups in total. The zero-order chi connectivity index (χ0) is 21.8. The molecule has 0 radical (unpaired) electrons. The van der Waals surface area contributed by atoms with E-state index in [4.69, 9.17) is 0 Å². The van der Waals surface area contributed by atoms with Gasteiger partial charge in [0.15, 0.2) is 0 Å². The van der Waals surface area contributed by atoms with E-state index >= 15 is 0 Å². The molecule has 4 rings (SSSR count). The Hall–Kier alpha value is -3.29. The van der Waals surface area contributed by atoms with Crippen LogP contribution < -0.4 is 15.8 Å². The van der Waals surface area contributed by atoms with Crippen LogP contribution in [-0.2, 0) is 14.4 Å². The summed E-state index contributed by atoms with van der Waals surface area (Å²) in [6.45, 7) is 0. The first-order valence-electron chi connectivity index (χ1n) is 9.82. The number of amides is 3. The Morgan fingerprint density at radius 2 is 1.42 bits per heavy atom.